The molecular formula is C12H18N2O. The number of likely N-dealkylation sites (N-methyl/N-ethyl adjacent to an activating group) is 1. The molecule has 82 valence electrons. The van der Waals surface area contributed by atoms with E-state index in [-0.39, 0.29) is 11.6 Å². The Bertz CT molecular complexity index is 358. The van der Waals surface area contributed by atoms with Gasteiger partial charge in [0.2, 0.25) is 0 Å². The topological polar surface area (TPSA) is 49.5 Å². The average Bonchev–Trinajstić information content (AvgIpc) is 2.88. The second kappa shape index (κ2) is 3.51. The number of phenols is 1. The Morgan fingerprint density at radius 3 is 2.40 bits per heavy atom. The van der Waals surface area contributed by atoms with Crippen LogP contribution in [0.15, 0.2) is 24.3 Å². The Morgan fingerprint density at radius 2 is 1.93 bits per heavy atom. The molecule has 0 aliphatic heterocycles. The lowest BCUT2D eigenvalue weighted by Crippen LogP contribution is -2.39. The van der Waals surface area contributed by atoms with Crippen molar-refractivity contribution in [2.45, 2.75) is 24.4 Å². The summed E-state index contributed by atoms with van der Waals surface area (Å²) < 4.78 is 0. The summed E-state index contributed by atoms with van der Waals surface area (Å²) in [7, 11) is 4.01. The molecule has 0 bridgehead atoms. The second-order valence-corrected chi connectivity index (χ2v) is 4.66. The van der Waals surface area contributed by atoms with E-state index in [0.29, 0.717) is 5.75 Å². The molecule has 1 aliphatic carbocycles. The van der Waals surface area contributed by atoms with Crippen molar-refractivity contribution in [3.05, 3.63) is 29.8 Å². The Hall–Kier alpha value is -1.06. The summed E-state index contributed by atoms with van der Waals surface area (Å²) >= 11 is 0. The number of nitrogens with zero attached hydrogens (tertiary/aromatic N) is 1. The van der Waals surface area contributed by atoms with Crippen LogP contribution in [0.1, 0.15) is 24.4 Å². The first-order valence-electron chi connectivity index (χ1n) is 5.28. The number of hydrogen-bond acceptors (Lipinski definition) is 3. The summed E-state index contributed by atoms with van der Waals surface area (Å²) in [6, 6.07) is 7.56. The van der Waals surface area contributed by atoms with Crippen LogP contribution in [0.4, 0.5) is 0 Å². The van der Waals surface area contributed by atoms with E-state index in [9.17, 15) is 5.11 Å². The normalized spacial score (nSPS) is 20.3. The molecule has 1 saturated carbocycles. The Morgan fingerprint density at radius 1 is 1.33 bits per heavy atom. The molecule has 0 heterocycles. The van der Waals surface area contributed by atoms with Crippen LogP contribution in [-0.2, 0) is 0 Å². The fraction of sp³-hybridized carbons (Fsp3) is 0.500. The number of aromatic hydroxyl groups is 1. The SMILES string of the molecule is CN(C)C(c1ccccc1O)C1(N)CC1. The predicted octanol–water partition coefficient (Wildman–Crippen LogP) is 1.49. The van der Waals surface area contributed by atoms with Crippen molar-refractivity contribution >= 4 is 0 Å². The van der Waals surface area contributed by atoms with Gasteiger partial charge < -0.3 is 15.7 Å². The van der Waals surface area contributed by atoms with Crippen LogP contribution in [0.25, 0.3) is 0 Å². The predicted molar refractivity (Wildman–Crippen MR) is 60.7 cm³/mol. The first-order chi connectivity index (χ1) is 7.04. The first-order valence-corrected chi connectivity index (χ1v) is 5.28. The van der Waals surface area contributed by atoms with Crippen LogP contribution in [0.2, 0.25) is 0 Å². The van der Waals surface area contributed by atoms with E-state index in [0.717, 1.165) is 18.4 Å². The Balaban J connectivity index is 2.37. The minimum absolute atomic E-state index is 0.110. The van der Waals surface area contributed by atoms with Gasteiger partial charge in [-0.1, -0.05) is 18.2 Å². The van der Waals surface area contributed by atoms with E-state index < -0.39 is 0 Å². The van der Waals surface area contributed by atoms with Crippen molar-refractivity contribution in [3.8, 4) is 5.75 Å². The average molecular weight is 206 g/mol. The Labute approximate surface area is 90.5 Å². The highest BCUT2D eigenvalue weighted by molar-refractivity contribution is 5.38. The number of phenolic OH excluding ortho intramolecular Hbond substituents is 1. The molecule has 15 heavy (non-hydrogen) atoms. The molecule has 0 spiro atoms. The molecule has 3 heteroatoms. The molecule has 3 nitrogen and oxygen atoms in total. The summed E-state index contributed by atoms with van der Waals surface area (Å²) in [5, 5.41) is 9.84. The van der Waals surface area contributed by atoms with Crippen molar-refractivity contribution in [3.63, 3.8) is 0 Å². The van der Waals surface area contributed by atoms with Gasteiger partial charge in [0.1, 0.15) is 5.75 Å². The van der Waals surface area contributed by atoms with Gasteiger partial charge in [-0.05, 0) is 33.0 Å². The van der Waals surface area contributed by atoms with Gasteiger partial charge in [-0.2, -0.15) is 0 Å². The van der Waals surface area contributed by atoms with E-state index in [1.165, 1.54) is 0 Å². The zero-order chi connectivity index (χ0) is 11.1. The van der Waals surface area contributed by atoms with Gasteiger partial charge in [0, 0.05) is 11.1 Å². The maximum absolute atomic E-state index is 9.84. The minimum atomic E-state index is -0.150. The van der Waals surface area contributed by atoms with Crippen LogP contribution in [-0.4, -0.2) is 29.6 Å². The highest BCUT2D eigenvalue weighted by atomic mass is 16.3. The van der Waals surface area contributed by atoms with Crippen molar-refractivity contribution in [1.29, 1.82) is 0 Å². The summed E-state index contributed by atoms with van der Waals surface area (Å²) in [5.41, 5.74) is 7.02. The van der Waals surface area contributed by atoms with Crippen LogP contribution in [0.3, 0.4) is 0 Å². The summed E-state index contributed by atoms with van der Waals surface area (Å²) in [5.74, 6) is 0.341. The summed E-state index contributed by atoms with van der Waals surface area (Å²) in [6.07, 6.45) is 2.06. The number of benzene rings is 1. The molecule has 1 unspecified atom stereocenters. The van der Waals surface area contributed by atoms with Gasteiger partial charge in [-0.3, -0.25) is 0 Å². The maximum Gasteiger partial charge on any atom is 0.120 e. The lowest BCUT2D eigenvalue weighted by atomic mass is 9.96. The van der Waals surface area contributed by atoms with E-state index >= 15 is 0 Å². The van der Waals surface area contributed by atoms with Crippen LogP contribution in [0, 0.1) is 0 Å². The third-order valence-corrected chi connectivity index (χ3v) is 3.12. The van der Waals surface area contributed by atoms with Gasteiger partial charge >= 0.3 is 0 Å². The molecule has 0 radical (unpaired) electrons. The molecule has 0 saturated heterocycles. The van der Waals surface area contributed by atoms with E-state index in [1.807, 2.05) is 32.3 Å². The summed E-state index contributed by atoms with van der Waals surface area (Å²) in [6.45, 7) is 0. The first kappa shape index (κ1) is 10.5. The Kier molecular flexibility index (Phi) is 2.44. The smallest absolute Gasteiger partial charge is 0.120 e. The number of para-hydroxylation sites is 1. The number of rotatable bonds is 3. The molecule has 2 rings (SSSR count). The summed E-state index contributed by atoms with van der Waals surface area (Å²) in [4.78, 5) is 2.09. The highest BCUT2D eigenvalue weighted by Crippen LogP contribution is 2.47. The van der Waals surface area contributed by atoms with Crippen molar-refractivity contribution in [1.82, 2.24) is 4.90 Å². The van der Waals surface area contributed by atoms with E-state index in [2.05, 4.69) is 4.90 Å². The second-order valence-electron chi connectivity index (χ2n) is 4.66. The quantitative estimate of drug-likeness (QED) is 0.787. The van der Waals surface area contributed by atoms with Crippen molar-refractivity contribution < 1.29 is 5.11 Å². The number of nitrogens with two attached hydrogens (primary N) is 1. The lowest BCUT2D eigenvalue weighted by Gasteiger charge is -2.30. The van der Waals surface area contributed by atoms with E-state index in [4.69, 9.17) is 5.73 Å². The lowest BCUT2D eigenvalue weighted by molar-refractivity contribution is 0.240. The molecular weight excluding hydrogens is 188 g/mol. The maximum atomic E-state index is 9.84. The molecule has 1 aliphatic rings. The molecule has 1 fully saturated rings. The molecule has 0 aromatic heterocycles. The fourth-order valence-corrected chi connectivity index (χ4v) is 2.24. The van der Waals surface area contributed by atoms with Crippen LogP contribution in [0.5, 0.6) is 5.75 Å². The van der Waals surface area contributed by atoms with Gasteiger partial charge in [-0.25, -0.2) is 0 Å². The standard InChI is InChI=1S/C12H18N2O/c1-14(2)11(12(13)7-8-12)9-5-3-4-6-10(9)15/h3-6,11,15H,7-8,13H2,1-2H3. The van der Waals surface area contributed by atoms with Crippen LogP contribution >= 0.6 is 0 Å². The van der Waals surface area contributed by atoms with Gasteiger partial charge in [0.25, 0.3) is 0 Å². The molecule has 1 aromatic carbocycles. The molecule has 0 amide bonds. The minimum Gasteiger partial charge on any atom is -0.508 e. The zero-order valence-electron chi connectivity index (χ0n) is 9.27. The van der Waals surface area contributed by atoms with Crippen molar-refractivity contribution in [2.75, 3.05) is 14.1 Å². The van der Waals surface area contributed by atoms with Gasteiger partial charge in [0.05, 0.1) is 6.04 Å². The van der Waals surface area contributed by atoms with Gasteiger partial charge in [0.15, 0.2) is 0 Å². The van der Waals surface area contributed by atoms with Gasteiger partial charge in [-0.15, -0.1) is 0 Å². The molecule has 3 N–H and O–H groups in total. The van der Waals surface area contributed by atoms with Crippen LogP contribution < -0.4 is 5.73 Å². The van der Waals surface area contributed by atoms with E-state index in [1.54, 1.807) is 6.07 Å². The monoisotopic (exact) mass is 206 g/mol. The number of hydrogen-bond donors (Lipinski definition) is 2. The molecule has 1 atom stereocenters. The third-order valence-electron chi connectivity index (χ3n) is 3.12. The highest BCUT2D eigenvalue weighted by Gasteiger charge is 2.48. The zero-order valence-corrected chi connectivity index (χ0v) is 9.27. The fourth-order valence-electron chi connectivity index (χ4n) is 2.24. The molecule has 1 aromatic rings. The van der Waals surface area contributed by atoms with Crippen molar-refractivity contribution in [2.24, 2.45) is 5.73 Å². The third kappa shape index (κ3) is 1.85. The largest absolute Gasteiger partial charge is 0.508 e.